The number of thiophene rings is 1. The smallest absolute Gasteiger partial charge is 0.346 e. The molecule has 0 fully saturated rings. The maximum absolute atomic E-state index is 12.5. The highest BCUT2D eigenvalue weighted by molar-refractivity contribution is 7.94. The molecule has 6 nitrogen and oxygen atoms in total. The van der Waals surface area contributed by atoms with Crippen molar-refractivity contribution in [2.75, 3.05) is 11.3 Å². The third kappa shape index (κ3) is 3.95. The van der Waals surface area contributed by atoms with E-state index in [4.69, 9.17) is 21.4 Å². The van der Waals surface area contributed by atoms with Crippen LogP contribution in [0, 0.1) is 6.92 Å². The molecule has 0 saturated heterocycles. The fourth-order valence-corrected chi connectivity index (χ4v) is 4.47. The van der Waals surface area contributed by atoms with Crippen LogP contribution in [0.25, 0.3) is 0 Å². The molecular weight excluding hydrogens is 362 g/mol. The lowest BCUT2D eigenvalue weighted by Gasteiger charge is -2.12. The number of nitrogens with one attached hydrogen (secondary N) is 1. The summed E-state index contributed by atoms with van der Waals surface area (Å²) in [6, 6.07) is 5.90. The Morgan fingerprint density at radius 1 is 1.39 bits per heavy atom. The Hall–Kier alpha value is -1.77. The van der Waals surface area contributed by atoms with E-state index in [0.717, 1.165) is 0 Å². The summed E-state index contributed by atoms with van der Waals surface area (Å²) in [5, 5.41) is 9.39. The van der Waals surface area contributed by atoms with Crippen molar-refractivity contribution < 1.29 is 23.1 Å². The van der Waals surface area contributed by atoms with Gasteiger partial charge in [0.25, 0.3) is 10.0 Å². The lowest BCUT2D eigenvalue weighted by atomic mass is 10.3. The molecule has 2 rings (SSSR count). The summed E-state index contributed by atoms with van der Waals surface area (Å²) in [5.41, 5.74) is 0.585. The van der Waals surface area contributed by atoms with E-state index in [1.807, 2.05) is 0 Å². The molecule has 23 heavy (non-hydrogen) atoms. The molecule has 1 heterocycles. The summed E-state index contributed by atoms with van der Waals surface area (Å²) in [6.07, 6.45) is 0. The predicted molar refractivity (Wildman–Crippen MR) is 89.4 cm³/mol. The quantitative estimate of drug-likeness (QED) is 0.804. The lowest BCUT2D eigenvalue weighted by molar-refractivity contribution is 0.0701. The van der Waals surface area contributed by atoms with Crippen molar-refractivity contribution >= 4 is 44.6 Å². The number of carboxylic acid groups (broad SMARTS) is 1. The van der Waals surface area contributed by atoms with Crippen LogP contribution in [0.15, 0.2) is 28.5 Å². The molecular formula is C14H14ClNO5S2. The molecule has 0 spiro atoms. The van der Waals surface area contributed by atoms with Crippen molar-refractivity contribution in [1.82, 2.24) is 0 Å². The number of benzene rings is 1. The number of carboxylic acids is 1. The van der Waals surface area contributed by atoms with Crippen LogP contribution >= 0.6 is 22.9 Å². The summed E-state index contributed by atoms with van der Waals surface area (Å²) in [4.78, 5) is 11.0. The normalized spacial score (nSPS) is 11.3. The van der Waals surface area contributed by atoms with Crippen LogP contribution < -0.4 is 9.46 Å². The second-order valence-electron chi connectivity index (χ2n) is 4.56. The number of aryl methyl sites for hydroxylation is 1. The van der Waals surface area contributed by atoms with Crippen molar-refractivity contribution in [3.05, 3.63) is 39.7 Å². The van der Waals surface area contributed by atoms with Crippen molar-refractivity contribution in [1.29, 1.82) is 0 Å². The monoisotopic (exact) mass is 375 g/mol. The average Bonchev–Trinajstić information content (AvgIpc) is 2.85. The molecule has 0 atom stereocenters. The Morgan fingerprint density at radius 3 is 2.65 bits per heavy atom. The number of aromatic carboxylic acids is 1. The molecule has 0 amide bonds. The van der Waals surface area contributed by atoms with Crippen LogP contribution in [-0.2, 0) is 10.0 Å². The van der Waals surface area contributed by atoms with E-state index in [9.17, 15) is 13.2 Å². The summed E-state index contributed by atoms with van der Waals surface area (Å²) in [5.74, 6) is -0.820. The molecule has 1 aromatic carbocycles. The van der Waals surface area contributed by atoms with Crippen LogP contribution in [0.2, 0.25) is 5.02 Å². The van der Waals surface area contributed by atoms with Crippen molar-refractivity contribution in [3.8, 4) is 5.75 Å². The molecule has 0 unspecified atom stereocenters. The third-order valence-corrected chi connectivity index (χ3v) is 6.14. The van der Waals surface area contributed by atoms with Gasteiger partial charge in [0.05, 0.1) is 12.3 Å². The third-order valence-electron chi connectivity index (χ3n) is 2.84. The first-order valence-electron chi connectivity index (χ1n) is 6.53. The standard InChI is InChI=1S/C14H14ClNO5S2/c1-3-21-11-5-4-9(15)7-10(11)16-23(19,20)12-6-8(2)13(22-12)14(17)18/h4-7,16H,3H2,1-2H3,(H,17,18). The van der Waals surface area contributed by atoms with Gasteiger partial charge in [-0.1, -0.05) is 11.6 Å². The number of rotatable bonds is 6. The maximum atomic E-state index is 12.5. The Labute approximate surface area is 142 Å². The van der Waals surface area contributed by atoms with Gasteiger partial charge in [0.1, 0.15) is 14.8 Å². The van der Waals surface area contributed by atoms with Crippen LogP contribution in [0.3, 0.4) is 0 Å². The van der Waals surface area contributed by atoms with E-state index in [1.54, 1.807) is 26.0 Å². The molecule has 0 radical (unpaired) electrons. The molecule has 9 heteroatoms. The molecule has 0 aliphatic heterocycles. The van der Waals surface area contributed by atoms with E-state index < -0.39 is 16.0 Å². The second kappa shape index (κ2) is 6.77. The molecule has 0 aliphatic rings. The number of halogens is 1. The van der Waals surface area contributed by atoms with Crippen molar-refractivity contribution in [2.24, 2.45) is 0 Å². The van der Waals surface area contributed by atoms with E-state index in [1.165, 1.54) is 12.1 Å². The first kappa shape index (κ1) is 17.6. The van der Waals surface area contributed by atoms with E-state index in [0.29, 0.717) is 34.3 Å². The minimum atomic E-state index is -3.94. The number of anilines is 1. The van der Waals surface area contributed by atoms with Gasteiger partial charge >= 0.3 is 5.97 Å². The Kier molecular flexibility index (Phi) is 5.18. The van der Waals surface area contributed by atoms with Crippen LogP contribution in [0.1, 0.15) is 22.2 Å². The zero-order chi connectivity index (χ0) is 17.2. The second-order valence-corrected chi connectivity index (χ2v) is 7.96. The number of sulfonamides is 1. The highest BCUT2D eigenvalue weighted by Gasteiger charge is 2.23. The molecule has 2 N–H and O–H groups in total. The summed E-state index contributed by atoms with van der Waals surface area (Å²) in [6.45, 7) is 3.68. The molecule has 124 valence electrons. The molecule has 0 aliphatic carbocycles. The average molecular weight is 376 g/mol. The summed E-state index contributed by atoms with van der Waals surface area (Å²) in [7, 11) is -3.94. The van der Waals surface area contributed by atoms with Gasteiger partial charge < -0.3 is 9.84 Å². The molecule has 2 aromatic rings. The molecule has 0 saturated carbocycles. The van der Waals surface area contributed by atoms with Gasteiger partial charge in [0.2, 0.25) is 0 Å². The maximum Gasteiger partial charge on any atom is 0.346 e. The van der Waals surface area contributed by atoms with Gasteiger partial charge in [0, 0.05) is 5.02 Å². The number of ether oxygens (including phenoxy) is 1. The van der Waals surface area contributed by atoms with E-state index in [2.05, 4.69) is 4.72 Å². The van der Waals surface area contributed by atoms with Gasteiger partial charge in [-0.2, -0.15) is 0 Å². The minimum Gasteiger partial charge on any atom is -0.492 e. The van der Waals surface area contributed by atoms with Gasteiger partial charge in [-0.15, -0.1) is 11.3 Å². The summed E-state index contributed by atoms with van der Waals surface area (Å²) >= 11 is 6.59. The number of carbonyl (C=O) groups is 1. The summed E-state index contributed by atoms with van der Waals surface area (Å²) < 4.78 is 32.6. The fourth-order valence-electron chi connectivity index (χ4n) is 1.86. The zero-order valence-electron chi connectivity index (χ0n) is 12.3. The Balaban J connectivity index is 2.40. The van der Waals surface area contributed by atoms with Crippen molar-refractivity contribution in [2.45, 2.75) is 18.1 Å². The van der Waals surface area contributed by atoms with Gasteiger partial charge in [0.15, 0.2) is 0 Å². The van der Waals surface area contributed by atoms with Crippen LogP contribution in [0.4, 0.5) is 5.69 Å². The van der Waals surface area contributed by atoms with Crippen molar-refractivity contribution in [3.63, 3.8) is 0 Å². The van der Waals surface area contributed by atoms with E-state index in [-0.39, 0.29) is 14.8 Å². The zero-order valence-corrected chi connectivity index (χ0v) is 14.7. The Morgan fingerprint density at radius 2 is 2.09 bits per heavy atom. The largest absolute Gasteiger partial charge is 0.492 e. The van der Waals surface area contributed by atoms with E-state index >= 15 is 0 Å². The first-order chi connectivity index (χ1) is 10.7. The van der Waals surface area contributed by atoms with Crippen LogP contribution in [0.5, 0.6) is 5.75 Å². The fraction of sp³-hybridized carbons (Fsp3) is 0.214. The lowest BCUT2D eigenvalue weighted by Crippen LogP contribution is -2.12. The highest BCUT2D eigenvalue weighted by Crippen LogP contribution is 2.32. The Bertz CT molecular complexity index is 845. The number of hydrogen-bond acceptors (Lipinski definition) is 5. The molecule has 0 bridgehead atoms. The topological polar surface area (TPSA) is 92.7 Å². The minimum absolute atomic E-state index is 0.0125. The SMILES string of the molecule is CCOc1ccc(Cl)cc1NS(=O)(=O)c1cc(C)c(C(=O)O)s1. The van der Waals surface area contributed by atoms with Gasteiger partial charge in [-0.3, -0.25) is 4.72 Å². The van der Waals surface area contributed by atoms with Gasteiger partial charge in [-0.25, -0.2) is 13.2 Å². The van der Waals surface area contributed by atoms with Crippen LogP contribution in [-0.4, -0.2) is 26.1 Å². The first-order valence-corrected chi connectivity index (χ1v) is 9.21. The predicted octanol–water partition coefficient (Wildman–Crippen LogP) is 3.61. The number of hydrogen-bond donors (Lipinski definition) is 2. The molecule has 1 aromatic heterocycles. The highest BCUT2D eigenvalue weighted by atomic mass is 35.5. The van der Waals surface area contributed by atoms with Gasteiger partial charge in [-0.05, 0) is 43.7 Å².